The Labute approximate surface area is 159 Å². The van der Waals surface area contributed by atoms with Crippen molar-refractivity contribution in [1.82, 2.24) is 0 Å². The smallest absolute Gasteiger partial charge is 0.745 e. The maximum absolute atomic E-state index is 9.33. The summed E-state index contributed by atoms with van der Waals surface area (Å²) < 4.78 is 112. The molecular weight excluding hydrogens is 517 g/mol. The first-order valence-corrected chi connectivity index (χ1v) is 10.5. The van der Waals surface area contributed by atoms with Gasteiger partial charge in [-0.3, -0.25) is 0 Å². The van der Waals surface area contributed by atoms with Gasteiger partial charge in [0.25, 0.3) is 0 Å². The quantitative estimate of drug-likeness (QED) is 0.305. The molecule has 0 aliphatic rings. The fraction of sp³-hybridized carbons (Fsp3) is 0. The van der Waals surface area contributed by atoms with Crippen LogP contribution in [0.4, 0.5) is 0 Å². The van der Waals surface area contributed by atoms with Gasteiger partial charge in [-0.2, -0.15) is 0 Å². The van der Waals surface area contributed by atoms with Crippen LogP contribution in [-0.4, -0.2) is 51.9 Å². The average Bonchev–Trinajstić information content (AvgIpc) is 2.37. The maximum atomic E-state index is 9.33. The Morgan fingerprint density at radius 1 is 0.440 bits per heavy atom. The number of hydrogen-bond acceptors (Lipinski definition) is 12. The van der Waals surface area contributed by atoms with E-state index < -0.39 is 40.5 Å². The summed E-state index contributed by atoms with van der Waals surface area (Å²) in [6.45, 7) is 10.9. The van der Waals surface area contributed by atoms with Gasteiger partial charge >= 0.3 is 19.5 Å². The van der Waals surface area contributed by atoms with E-state index in [0.717, 1.165) is 0 Å². The summed E-state index contributed by atoms with van der Waals surface area (Å²) >= 11 is 0. The van der Waals surface area contributed by atoms with Gasteiger partial charge < -0.3 is 18.2 Å². The largest absolute Gasteiger partial charge is 4.00 e. The summed E-state index contributed by atoms with van der Waals surface area (Å²) in [5.41, 5.74) is 0. The van der Waals surface area contributed by atoms with Crippen LogP contribution in [0.3, 0.4) is 0 Å². The molecule has 0 aromatic carbocycles. The fourth-order valence-corrected chi connectivity index (χ4v) is 0. The van der Waals surface area contributed by atoms with Crippen LogP contribution < -0.4 is 0 Å². The van der Waals surface area contributed by atoms with Gasteiger partial charge in [0.1, 0.15) is 40.5 Å². The third-order valence-electron chi connectivity index (χ3n) is 0.816. The predicted molar refractivity (Wildman–Crippen MR) is 79.6 cm³/mol. The summed E-state index contributed by atoms with van der Waals surface area (Å²) in [7, 11) is -16.6. The minimum Gasteiger partial charge on any atom is -0.745 e. The van der Waals surface area contributed by atoms with Crippen molar-refractivity contribution in [3.05, 3.63) is 47.9 Å². The molecule has 0 radical (unpaired) electrons. The van der Waals surface area contributed by atoms with Gasteiger partial charge in [0.05, 0.1) is 0 Å². The van der Waals surface area contributed by atoms with Crippen LogP contribution in [0.1, 0.15) is 0 Å². The molecule has 0 heterocycles. The summed E-state index contributed by atoms with van der Waals surface area (Å²) in [5, 5.41) is 1.42. The third kappa shape index (κ3) is 83.0. The van der Waals surface area contributed by atoms with Crippen molar-refractivity contribution in [3.8, 4) is 0 Å². The summed E-state index contributed by atoms with van der Waals surface area (Å²) in [5.74, 6) is 0. The molecule has 0 fully saturated rings. The van der Waals surface area contributed by atoms with Crippen LogP contribution in [0.25, 0.3) is 0 Å². The molecule has 0 rings (SSSR count). The van der Waals surface area contributed by atoms with E-state index in [9.17, 15) is 51.9 Å². The van der Waals surface area contributed by atoms with Crippen LogP contribution in [0.15, 0.2) is 47.9 Å². The van der Waals surface area contributed by atoms with Crippen LogP contribution in [0.2, 0.25) is 0 Å². The van der Waals surface area contributed by atoms with Gasteiger partial charge in [-0.05, 0) is 0 Å². The van der Waals surface area contributed by atoms with Crippen molar-refractivity contribution >= 4 is 40.5 Å². The van der Waals surface area contributed by atoms with Crippen molar-refractivity contribution in [2.24, 2.45) is 0 Å². The molecule has 0 aromatic heterocycles. The molecule has 0 bridgehead atoms. The Morgan fingerprint density at radius 3 is 0.480 bits per heavy atom. The van der Waals surface area contributed by atoms with E-state index in [1.165, 1.54) is 0 Å². The Bertz CT molecular complexity index is 627. The number of hydrogen-bond donors (Lipinski definition) is 0. The minimum atomic E-state index is -4.15. The Kier molecular flexibility index (Phi) is 21.9. The molecule has 0 aliphatic heterocycles. The van der Waals surface area contributed by atoms with Crippen molar-refractivity contribution in [2.45, 2.75) is 0 Å². The van der Waals surface area contributed by atoms with Gasteiger partial charge in [0.15, 0.2) is 0 Å². The molecule has 0 saturated heterocycles. The van der Waals surface area contributed by atoms with Crippen molar-refractivity contribution in [1.29, 1.82) is 0 Å². The van der Waals surface area contributed by atoms with E-state index in [4.69, 9.17) is 0 Å². The SMILES string of the molecule is C=CS(=O)(=O)[O-].C=CS(=O)(=O)[O-].C=CS(=O)(=O)[O-].C=CS(=O)(=O)[O-].[Ru+4]. The molecule has 25 heavy (non-hydrogen) atoms. The zero-order valence-electron chi connectivity index (χ0n) is 12.0. The Balaban J connectivity index is -0.0000000702. The van der Waals surface area contributed by atoms with Gasteiger partial charge in [-0.25, -0.2) is 33.7 Å². The summed E-state index contributed by atoms with van der Waals surface area (Å²) in [6.07, 6.45) is 0. The van der Waals surface area contributed by atoms with Gasteiger partial charge in [0, 0.05) is 21.6 Å². The average molecular weight is 530 g/mol. The van der Waals surface area contributed by atoms with Gasteiger partial charge in [0.2, 0.25) is 0 Å². The number of rotatable bonds is 4. The second-order valence-electron chi connectivity index (χ2n) is 2.64. The zero-order valence-corrected chi connectivity index (χ0v) is 17.0. The standard InChI is InChI=1S/4C2H4O3S.Ru/c4*1-2-6(3,4)5;/h4*2H,1H2,(H,3,4,5);/q;;;;+4/p-4. The predicted octanol–water partition coefficient (Wildman–Crippen LogP) is -1.30. The third-order valence-corrected chi connectivity index (χ3v) is 2.45. The Hall–Kier alpha value is -0.777. The minimum absolute atomic E-state index is 0. The van der Waals surface area contributed by atoms with E-state index >= 15 is 0 Å². The second-order valence-corrected chi connectivity index (χ2v) is 7.91. The van der Waals surface area contributed by atoms with E-state index in [1.807, 2.05) is 0 Å². The van der Waals surface area contributed by atoms with Crippen molar-refractivity contribution in [3.63, 3.8) is 0 Å². The molecule has 0 amide bonds. The molecule has 0 atom stereocenters. The topological polar surface area (TPSA) is 229 Å². The molecule has 17 heteroatoms. The molecule has 0 aliphatic carbocycles. The van der Waals surface area contributed by atoms with Crippen molar-refractivity contribution in [2.75, 3.05) is 0 Å². The molecule has 148 valence electrons. The van der Waals surface area contributed by atoms with Crippen LogP contribution in [0.5, 0.6) is 0 Å². The zero-order chi connectivity index (χ0) is 20.8. The van der Waals surface area contributed by atoms with Crippen LogP contribution >= 0.6 is 0 Å². The monoisotopic (exact) mass is 530 g/mol. The molecule has 12 nitrogen and oxygen atoms in total. The van der Waals surface area contributed by atoms with Gasteiger partial charge in [-0.15, -0.1) is 0 Å². The fourth-order valence-electron chi connectivity index (χ4n) is 0. The van der Waals surface area contributed by atoms with E-state index in [1.54, 1.807) is 0 Å². The molecule has 0 saturated carbocycles. The molecule has 0 aromatic rings. The molecule has 0 unspecified atom stereocenters. The van der Waals surface area contributed by atoms with Crippen LogP contribution in [0, 0.1) is 0 Å². The van der Waals surface area contributed by atoms with E-state index in [2.05, 4.69) is 26.3 Å². The Morgan fingerprint density at radius 2 is 0.480 bits per heavy atom. The first kappa shape index (κ1) is 35.4. The molecule has 0 spiro atoms. The summed E-state index contributed by atoms with van der Waals surface area (Å²) in [4.78, 5) is 0. The first-order chi connectivity index (χ1) is 10.2. The molecule has 0 N–H and O–H groups in total. The summed E-state index contributed by atoms with van der Waals surface area (Å²) in [6, 6.07) is 0. The van der Waals surface area contributed by atoms with Crippen LogP contribution in [-0.2, 0) is 60.0 Å². The maximum Gasteiger partial charge on any atom is 4.00 e. The molecular formula is C8H12O12RuS4. The van der Waals surface area contributed by atoms with E-state index in [0.29, 0.717) is 21.6 Å². The van der Waals surface area contributed by atoms with Crippen molar-refractivity contribution < 1.29 is 71.4 Å². The van der Waals surface area contributed by atoms with E-state index in [-0.39, 0.29) is 19.5 Å². The first-order valence-electron chi connectivity index (χ1n) is 4.58. The van der Waals surface area contributed by atoms with Gasteiger partial charge in [-0.1, -0.05) is 26.3 Å². The second kappa shape index (κ2) is 15.5. The normalized spacial score (nSPS) is 10.4.